The van der Waals surface area contributed by atoms with E-state index in [1.807, 2.05) is 13.8 Å². The van der Waals surface area contributed by atoms with E-state index in [0.29, 0.717) is 17.1 Å². The normalized spacial score (nSPS) is 15.1. The Kier molecular flexibility index (Phi) is 3.33. The third-order valence-electron chi connectivity index (χ3n) is 2.92. The second-order valence-electron chi connectivity index (χ2n) is 4.44. The predicted molar refractivity (Wildman–Crippen MR) is 64.6 cm³/mol. The molecule has 1 unspecified atom stereocenters. The Morgan fingerprint density at radius 3 is 2.65 bits per heavy atom. The van der Waals surface area contributed by atoms with Crippen LogP contribution in [0, 0.1) is 5.92 Å². The summed E-state index contributed by atoms with van der Waals surface area (Å²) in [5.41, 5.74) is 0.655. The Morgan fingerprint density at radius 1 is 1.29 bits per heavy atom. The molecule has 1 aliphatic heterocycles. The Morgan fingerprint density at radius 2 is 2.00 bits per heavy atom. The zero-order chi connectivity index (χ0) is 12.4. The number of carbonyl (C=O) groups is 1. The van der Waals surface area contributed by atoms with Crippen LogP contribution in [0.15, 0.2) is 18.2 Å². The molecule has 4 heteroatoms. The molecule has 1 heterocycles. The fourth-order valence-electron chi connectivity index (χ4n) is 2.00. The van der Waals surface area contributed by atoms with E-state index in [1.54, 1.807) is 25.2 Å². The number of hydrogen-bond acceptors (Lipinski definition) is 4. The van der Waals surface area contributed by atoms with E-state index < -0.39 is 0 Å². The standard InChI is InChI=1S/C13H17NO3/c1-8(2)12(14-3)13(15)9-4-5-10-11(6-9)17-7-16-10/h4-6,8,12,14H,7H2,1-3H3. The third kappa shape index (κ3) is 2.26. The lowest BCUT2D eigenvalue weighted by Crippen LogP contribution is -2.38. The van der Waals surface area contributed by atoms with Crippen molar-refractivity contribution in [2.75, 3.05) is 13.8 Å². The molecule has 0 aromatic heterocycles. The van der Waals surface area contributed by atoms with Gasteiger partial charge in [-0.3, -0.25) is 4.79 Å². The molecule has 1 aromatic carbocycles. The summed E-state index contributed by atoms with van der Waals surface area (Å²) in [6, 6.07) is 5.14. The van der Waals surface area contributed by atoms with Crippen LogP contribution in [0.4, 0.5) is 0 Å². The van der Waals surface area contributed by atoms with Crippen LogP contribution in [-0.4, -0.2) is 25.7 Å². The zero-order valence-electron chi connectivity index (χ0n) is 10.3. The first-order valence-electron chi connectivity index (χ1n) is 5.74. The van der Waals surface area contributed by atoms with Crippen LogP contribution < -0.4 is 14.8 Å². The van der Waals surface area contributed by atoms with Crippen LogP contribution in [0.25, 0.3) is 0 Å². The van der Waals surface area contributed by atoms with E-state index in [0.717, 1.165) is 0 Å². The first kappa shape index (κ1) is 11.9. The van der Waals surface area contributed by atoms with Gasteiger partial charge in [0.15, 0.2) is 17.3 Å². The molecule has 92 valence electrons. The monoisotopic (exact) mass is 235 g/mol. The van der Waals surface area contributed by atoms with Gasteiger partial charge in [0.05, 0.1) is 6.04 Å². The third-order valence-corrected chi connectivity index (χ3v) is 2.92. The first-order valence-corrected chi connectivity index (χ1v) is 5.74. The van der Waals surface area contributed by atoms with Crippen molar-refractivity contribution in [1.82, 2.24) is 5.32 Å². The number of benzene rings is 1. The van der Waals surface area contributed by atoms with Gasteiger partial charge in [0.2, 0.25) is 6.79 Å². The Balaban J connectivity index is 2.25. The molecule has 0 spiro atoms. The van der Waals surface area contributed by atoms with E-state index in [2.05, 4.69) is 5.32 Å². The molecule has 17 heavy (non-hydrogen) atoms. The number of nitrogens with one attached hydrogen (secondary N) is 1. The highest BCUT2D eigenvalue weighted by Crippen LogP contribution is 2.32. The van der Waals surface area contributed by atoms with Crippen LogP contribution in [-0.2, 0) is 0 Å². The maximum absolute atomic E-state index is 12.3. The number of ketones is 1. The summed E-state index contributed by atoms with van der Waals surface area (Å²) in [6.07, 6.45) is 0. The minimum atomic E-state index is -0.171. The highest BCUT2D eigenvalue weighted by Gasteiger charge is 2.23. The molecule has 0 saturated heterocycles. The Hall–Kier alpha value is -1.55. The average Bonchev–Trinajstić information content (AvgIpc) is 2.75. The minimum absolute atomic E-state index is 0.0841. The van der Waals surface area contributed by atoms with Crippen molar-refractivity contribution < 1.29 is 14.3 Å². The maximum atomic E-state index is 12.3. The molecule has 0 radical (unpaired) electrons. The molecule has 0 amide bonds. The molecule has 2 rings (SSSR count). The van der Waals surface area contributed by atoms with Gasteiger partial charge in [-0.1, -0.05) is 13.8 Å². The molecule has 1 N–H and O–H groups in total. The van der Waals surface area contributed by atoms with Gasteiger partial charge in [-0.05, 0) is 31.2 Å². The molecule has 1 aromatic rings. The highest BCUT2D eigenvalue weighted by atomic mass is 16.7. The number of Topliss-reactive ketones (excluding diaryl/α,β-unsaturated/α-hetero) is 1. The zero-order valence-corrected chi connectivity index (χ0v) is 10.3. The van der Waals surface area contributed by atoms with E-state index in [1.165, 1.54) is 0 Å². The molecule has 0 fully saturated rings. The lowest BCUT2D eigenvalue weighted by Gasteiger charge is -2.18. The number of rotatable bonds is 4. The molecule has 0 bridgehead atoms. The SMILES string of the molecule is CNC(C(=O)c1ccc2c(c1)OCO2)C(C)C. The van der Waals surface area contributed by atoms with Crippen molar-refractivity contribution in [1.29, 1.82) is 0 Å². The lowest BCUT2D eigenvalue weighted by atomic mass is 9.95. The molecule has 1 aliphatic rings. The van der Waals surface area contributed by atoms with Gasteiger partial charge in [-0.25, -0.2) is 0 Å². The van der Waals surface area contributed by atoms with Crippen molar-refractivity contribution >= 4 is 5.78 Å². The van der Waals surface area contributed by atoms with Gasteiger partial charge in [0.1, 0.15) is 0 Å². The van der Waals surface area contributed by atoms with Gasteiger partial charge in [0, 0.05) is 5.56 Å². The minimum Gasteiger partial charge on any atom is -0.454 e. The van der Waals surface area contributed by atoms with Crippen LogP contribution in [0.3, 0.4) is 0 Å². The summed E-state index contributed by atoms with van der Waals surface area (Å²) in [6.45, 7) is 4.27. The summed E-state index contributed by atoms with van der Waals surface area (Å²) >= 11 is 0. The summed E-state index contributed by atoms with van der Waals surface area (Å²) < 4.78 is 10.5. The lowest BCUT2D eigenvalue weighted by molar-refractivity contribution is 0.0922. The number of hydrogen-bond donors (Lipinski definition) is 1. The van der Waals surface area contributed by atoms with Gasteiger partial charge in [0.25, 0.3) is 0 Å². The highest BCUT2D eigenvalue weighted by molar-refractivity contribution is 6.00. The van der Waals surface area contributed by atoms with E-state index in [9.17, 15) is 4.79 Å². The van der Waals surface area contributed by atoms with Crippen molar-refractivity contribution in [3.8, 4) is 11.5 Å². The fraction of sp³-hybridized carbons (Fsp3) is 0.462. The van der Waals surface area contributed by atoms with E-state index in [4.69, 9.17) is 9.47 Å². The summed E-state index contributed by atoms with van der Waals surface area (Å²) in [5, 5.41) is 3.05. The number of fused-ring (bicyclic) bond motifs is 1. The summed E-state index contributed by atoms with van der Waals surface area (Å²) in [5.74, 6) is 1.68. The van der Waals surface area contributed by atoms with Crippen LogP contribution in [0.2, 0.25) is 0 Å². The summed E-state index contributed by atoms with van der Waals surface area (Å²) in [4.78, 5) is 12.3. The molecule has 0 saturated carbocycles. The Bertz CT molecular complexity index is 429. The van der Waals surface area contributed by atoms with Gasteiger partial charge in [-0.2, -0.15) is 0 Å². The average molecular weight is 235 g/mol. The quantitative estimate of drug-likeness (QED) is 0.809. The Labute approximate surface area is 101 Å². The van der Waals surface area contributed by atoms with Gasteiger partial charge < -0.3 is 14.8 Å². The molecule has 4 nitrogen and oxygen atoms in total. The first-order chi connectivity index (χ1) is 8.13. The molecule has 1 atom stereocenters. The molecular weight excluding hydrogens is 218 g/mol. The van der Waals surface area contributed by atoms with Crippen LogP contribution in [0.1, 0.15) is 24.2 Å². The van der Waals surface area contributed by atoms with Crippen molar-refractivity contribution in [3.05, 3.63) is 23.8 Å². The van der Waals surface area contributed by atoms with E-state index >= 15 is 0 Å². The van der Waals surface area contributed by atoms with Crippen molar-refractivity contribution in [3.63, 3.8) is 0 Å². The molecular formula is C13H17NO3. The number of ether oxygens (including phenoxy) is 2. The van der Waals surface area contributed by atoms with Crippen LogP contribution >= 0.6 is 0 Å². The fourth-order valence-corrected chi connectivity index (χ4v) is 2.00. The maximum Gasteiger partial charge on any atom is 0.231 e. The largest absolute Gasteiger partial charge is 0.454 e. The second kappa shape index (κ2) is 4.75. The van der Waals surface area contributed by atoms with Gasteiger partial charge in [-0.15, -0.1) is 0 Å². The smallest absolute Gasteiger partial charge is 0.231 e. The summed E-state index contributed by atoms with van der Waals surface area (Å²) in [7, 11) is 1.80. The van der Waals surface area contributed by atoms with E-state index in [-0.39, 0.29) is 24.5 Å². The van der Waals surface area contributed by atoms with Crippen molar-refractivity contribution in [2.24, 2.45) is 5.92 Å². The number of carbonyl (C=O) groups excluding carboxylic acids is 1. The molecule has 0 aliphatic carbocycles. The predicted octanol–water partition coefficient (Wildman–Crippen LogP) is 1.84. The van der Waals surface area contributed by atoms with Crippen molar-refractivity contribution in [2.45, 2.75) is 19.9 Å². The van der Waals surface area contributed by atoms with Gasteiger partial charge >= 0.3 is 0 Å². The topological polar surface area (TPSA) is 47.6 Å². The second-order valence-corrected chi connectivity index (χ2v) is 4.44. The number of likely N-dealkylation sites (N-methyl/N-ethyl adjacent to an activating group) is 1. The van der Waals surface area contributed by atoms with Crippen LogP contribution in [0.5, 0.6) is 11.5 Å².